The number of aromatic nitrogens is 1. The molecule has 1 amide bonds. The molecular formula is C15H15ClN2O. The molecule has 98 valence electrons. The van der Waals surface area contributed by atoms with Gasteiger partial charge in [0.2, 0.25) is 0 Å². The summed E-state index contributed by atoms with van der Waals surface area (Å²) < 4.78 is 0. The highest BCUT2D eigenvalue weighted by molar-refractivity contribution is 6.31. The Morgan fingerprint density at radius 3 is 2.58 bits per heavy atom. The average Bonchev–Trinajstić information content (AvgIpc) is 2.47. The van der Waals surface area contributed by atoms with Crippen LogP contribution in [0.15, 0.2) is 48.7 Å². The van der Waals surface area contributed by atoms with E-state index in [-0.39, 0.29) is 5.91 Å². The Hall–Kier alpha value is -1.87. The molecule has 2 aromatic rings. The zero-order chi connectivity index (χ0) is 13.7. The van der Waals surface area contributed by atoms with E-state index in [0.717, 1.165) is 5.56 Å². The lowest BCUT2D eigenvalue weighted by molar-refractivity contribution is 0.0747. The van der Waals surface area contributed by atoms with Gasteiger partial charge in [-0.1, -0.05) is 35.9 Å². The second kappa shape index (κ2) is 6.34. The molecule has 2 rings (SSSR count). The molecule has 1 heterocycles. The number of hydrogen-bond donors (Lipinski definition) is 0. The maximum Gasteiger partial charge on any atom is 0.272 e. The van der Waals surface area contributed by atoms with Crippen LogP contribution in [0.5, 0.6) is 0 Å². The fourth-order valence-corrected chi connectivity index (χ4v) is 2.01. The maximum absolute atomic E-state index is 12.3. The Kier molecular flexibility index (Phi) is 4.53. The molecule has 19 heavy (non-hydrogen) atoms. The summed E-state index contributed by atoms with van der Waals surface area (Å²) in [5, 5.41) is 0.676. The fraction of sp³-hybridized carbons (Fsp3) is 0.200. The number of carbonyl (C=O) groups excluding carboxylic acids is 1. The SMILES string of the molecule is CCN(Cc1ccccc1Cl)C(=O)c1ccccn1. The van der Waals surface area contributed by atoms with Crippen molar-refractivity contribution in [3.63, 3.8) is 0 Å². The predicted molar refractivity (Wildman–Crippen MR) is 76.1 cm³/mol. The van der Waals surface area contributed by atoms with Crippen LogP contribution in [0.25, 0.3) is 0 Å². The minimum atomic E-state index is -0.0805. The van der Waals surface area contributed by atoms with E-state index in [2.05, 4.69) is 4.98 Å². The Bertz CT molecular complexity index is 557. The monoisotopic (exact) mass is 274 g/mol. The summed E-state index contributed by atoms with van der Waals surface area (Å²) >= 11 is 6.12. The van der Waals surface area contributed by atoms with Gasteiger partial charge in [-0.3, -0.25) is 9.78 Å². The number of hydrogen-bond acceptors (Lipinski definition) is 2. The number of halogens is 1. The summed E-state index contributed by atoms with van der Waals surface area (Å²) in [6.45, 7) is 3.05. The minimum Gasteiger partial charge on any atom is -0.333 e. The number of rotatable bonds is 4. The summed E-state index contributed by atoms with van der Waals surface area (Å²) in [4.78, 5) is 18.1. The normalized spacial score (nSPS) is 10.2. The van der Waals surface area contributed by atoms with Crippen molar-refractivity contribution in [2.75, 3.05) is 6.54 Å². The van der Waals surface area contributed by atoms with E-state index < -0.39 is 0 Å². The van der Waals surface area contributed by atoms with Gasteiger partial charge in [-0.2, -0.15) is 0 Å². The largest absolute Gasteiger partial charge is 0.333 e. The molecule has 0 unspecified atom stereocenters. The van der Waals surface area contributed by atoms with Crippen molar-refractivity contribution < 1.29 is 4.79 Å². The summed E-state index contributed by atoms with van der Waals surface area (Å²) in [7, 11) is 0. The second-order valence-corrected chi connectivity index (χ2v) is 4.53. The van der Waals surface area contributed by atoms with Crippen LogP contribution in [0.1, 0.15) is 23.0 Å². The van der Waals surface area contributed by atoms with Crippen molar-refractivity contribution in [3.8, 4) is 0 Å². The zero-order valence-corrected chi connectivity index (χ0v) is 11.5. The van der Waals surface area contributed by atoms with Crippen LogP contribution >= 0.6 is 11.6 Å². The number of carbonyl (C=O) groups is 1. The first-order chi connectivity index (χ1) is 9.22. The van der Waals surface area contributed by atoms with Crippen LogP contribution in [-0.4, -0.2) is 22.3 Å². The number of pyridine rings is 1. The summed E-state index contributed by atoms with van der Waals surface area (Å²) in [5.74, 6) is -0.0805. The third-order valence-corrected chi connectivity index (χ3v) is 3.24. The molecule has 1 aromatic heterocycles. The van der Waals surface area contributed by atoms with Crippen molar-refractivity contribution in [1.82, 2.24) is 9.88 Å². The van der Waals surface area contributed by atoms with Gasteiger partial charge in [0.15, 0.2) is 0 Å². The van der Waals surface area contributed by atoms with Crippen molar-refractivity contribution >= 4 is 17.5 Å². The molecule has 0 bridgehead atoms. The molecule has 0 N–H and O–H groups in total. The maximum atomic E-state index is 12.3. The lowest BCUT2D eigenvalue weighted by Crippen LogP contribution is -2.31. The average molecular weight is 275 g/mol. The topological polar surface area (TPSA) is 33.2 Å². The first kappa shape index (κ1) is 13.6. The Balaban J connectivity index is 2.17. The molecule has 0 spiro atoms. The van der Waals surface area contributed by atoms with Crippen LogP contribution in [0.4, 0.5) is 0 Å². The number of amides is 1. The molecule has 0 aliphatic rings. The van der Waals surface area contributed by atoms with Crippen LogP contribution < -0.4 is 0 Å². The number of benzene rings is 1. The third kappa shape index (κ3) is 3.32. The minimum absolute atomic E-state index is 0.0805. The van der Waals surface area contributed by atoms with Crippen LogP contribution in [0, 0.1) is 0 Å². The molecular weight excluding hydrogens is 260 g/mol. The molecule has 0 fully saturated rings. The summed E-state index contributed by atoms with van der Waals surface area (Å²) in [5.41, 5.74) is 1.40. The summed E-state index contributed by atoms with van der Waals surface area (Å²) in [6.07, 6.45) is 1.62. The van der Waals surface area contributed by atoms with Crippen molar-refractivity contribution in [3.05, 3.63) is 64.9 Å². The highest BCUT2D eigenvalue weighted by atomic mass is 35.5. The van der Waals surface area contributed by atoms with E-state index in [1.54, 1.807) is 23.2 Å². The van der Waals surface area contributed by atoms with Gasteiger partial charge in [-0.25, -0.2) is 0 Å². The zero-order valence-electron chi connectivity index (χ0n) is 10.7. The third-order valence-electron chi connectivity index (χ3n) is 2.87. The van der Waals surface area contributed by atoms with Gasteiger partial charge in [-0.15, -0.1) is 0 Å². The van der Waals surface area contributed by atoms with Crippen LogP contribution in [0.3, 0.4) is 0 Å². The molecule has 4 heteroatoms. The predicted octanol–water partition coefficient (Wildman–Crippen LogP) is 3.40. The Morgan fingerprint density at radius 1 is 1.21 bits per heavy atom. The quantitative estimate of drug-likeness (QED) is 0.856. The van der Waals surface area contributed by atoms with Gasteiger partial charge in [0.05, 0.1) is 0 Å². The van der Waals surface area contributed by atoms with Gasteiger partial charge in [0.1, 0.15) is 5.69 Å². The van der Waals surface area contributed by atoms with E-state index in [4.69, 9.17) is 11.6 Å². The smallest absolute Gasteiger partial charge is 0.272 e. The highest BCUT2D eigenvalue weighted by Gasteiger charge is 2.16. The first-order valence-electron chi connectivity index (χ1n) is 6.16. The Morgan fingerprint density at radius 2 is 1.95 bits per heavy atom. The molecule has 0 aliphatic carbocycles. The first-order valence-corrected chi connectivity index (χ1v) is 6.54. The summed E-state index contributed by atoms with van der Waals surface area (Å²) in [6, 6.07) is 12.9. The van der Waals surface area contributed by atoms with E-state index >= 15 is 0 Å². The second-order valence-electron chi connectivity index (χ2n) is 4.13. The lowest BCUT2D eigenvalue weighted by atomic mass is 10.2. The van der Waals surface area contributed by atoms with Gasteiger partial charge in [0, 0.05) is 24.3 Å². The molecule has 0 radical (unpaired) electrons. The van der Waals surface area contributed by atoms with E-state index in [0.29, 0.717) is 23.8 Å². The molecule has 0 aliphatic heterocycles. The lowest BCUT2D eigenvalue weighted by Gasteiger charge is -2.21. The molecule has 0 saturated carbocycles. The Labute approximate surface area is 117 Å². The van der Waals surface area contributed by atoms with Crippen LogP contribution in [0.2, 0.25) is 5.02 Å². The molecule has 3 nitrogen and oxygen atoms in total. The molecule has 0 saturated heterocycles. The van der Waals surface area contributed by atoms with Gasteiger partial charge < -0.3 is 4.90 Å². The van der Waals surface area contributed by atoms with Gasteiger partial charge in [-0.05, 0) is 30.7 Å². The number of nitrogens with zero attached hydrogens (tertiary/aromatic N) is 2. The standard InChI is InChI=1S/C15H15ClN2O/c1-2-18(11-12-7-3-4-8-13(12)16)15(19)14-9-5-6-10-17-14/h3-10H,2,11H2,1H3. The van der Waals surface area contributed by atoms with Gasteiger partial charge >= 0.3 is 0 Å². The van der Waals surface area contributed by atoms with E-state index in [1.165, 1.54) is 0 Å². The molecule has 1 aromatic carbocycles. The highest BCUT2D eigenvalue weighted by Crippen LogP contribution is 2.17. The molecule has 0 atom stereocenters. The fourth-order valence-electron chi connectivity index (χ4n) is 1.81. The van der Waals surface area contributed by atoms with Crippen molar-refractivity contribution in [2.24, 2.45) is 0 Å². The van der Waals surface area contributed by atoms with Crippen molar-refractivity contribution in [1.29, 1.82) is 0 Å². The van der Waals surface area contributed by atoms with Crippen molar-refractivity contribution in [2.45, 2.75) is 13.5 Å². The van der Waals surface area contributed by atoms with Gasteiger partial charge in [0.25, 0.3) is 5.91 Å². The van der Waals surface area contributed by atoms with E-state index in [9.17, 15) is 4.79 Å². The van der Waals surface area contributed by atoms with Crippen LogP contribution in [-0.2, 0) is 6.54 Å². The van der Waals surface area contributed by atoms with E-state index in [1.807, 2.05) is 37.3 Å².